The third kappa shape index (κ3) is 5.60. The van der Waals surface area contributed by atoms with Gasteiger partial charge in [0.1, 0.15) is 23.1 Å². The Kier molecular flexibility index (Phi) is 7.84. The predicted octanol–water partition coefficient (Wildman–Crippen LogP) is 2.93. The summed E-state index contributed by atoms with van der Waals surface area (Å²) >= 11 is 0. The van der Waals surface area contributed by atoms with E-state index in [4.69, 9.17) is 9.47 Å². The van der Waals surface area contributed by atoms with Gasteiger partial charge in [-0.3, -0.25) is 4.99 Å². The van der Waals surface area contributed by atoms with Crippen LogP contribution in [0.15, 0.2) is 47.5 Å². The highest BCUT2D eigenvalue weighted by Gasteiger charge is 2.27. The maximum atomic E-state index is 14.0. The molecule has 2 N–H and O–H groups in total. The van der Waals surface area contributed by atoms with E-state index in [1.807, 2.05) is 24.3 Å². The molecule has 6 nitrogen and oxygen atoms in total. The molecule has 30 heavy (non-hydrogen) atoms. The third-order valence-electron chi connectivity index (χ3n) is 5.00. The van der Waals surface area contributed by atoms with E-state index < -0.39 is 11.6 Å². The molecule has 1 fully saturated rings. The van der Waals surface area contributed by atoms with Crippen LogP contribution in [0.3, 0.4) is 0 Å². The van der Waals surface area contributed by atoms with Crippen LogP contribution in [0.1, 0.15) is 12.0 Å². The molecular weight excluding hydrogens is 390 g/mol. The molecule has 8 heteroatoms. The Bertz CT molecular complexity index is 843. The third-order valence-corrected chi connectivity index (χ3v) is 5.00. The van der Waals surface area contributed by atoms with Crippen molar-refractivity contribution >= 4 is 11.6 Å². The SMILES string of the molecule is CN=C(NCCOCc1ccccc1OC)NC1CCN(c2c(F)cccc2F)C1. The molecule has 0 radical (unpaired) electrons. The van der Waals surface area contributed by atoms with E-state index in [1.54, 1.807) is 19.1 Å². The van der Waals surface area contributed by atoms with Gasteiger partial charge >= 0.3 is 0 Å². The van der Waals surface area contributed by atoms with Crippen LogP contribution < -0.4 is 20.3 Å². The Morgan fingerprint density at radius 1 is 1.17 bits per heavy atom. The molecule has 0 saturated carbocycles. The fourth-order valence-electron chi connectivity index (χ4n) is 3.51. The number of benzene rings is 2. The second-order valence-electron chi connectivity index (χ2n) is 7.01. The number of hydrogen-bond donors (Lipinski definition) is 2. The molecule has 1 unspecified atom stereocenters. The van der Waals surface area contributed by atoms with Gasteiger partial charge in [0, 0.05) is 38.3 Å². The minimum atomic E-state index is -0.537. The van der Waals surface area contributed by atoms with Crippen LogP contribution in [0.2, 0.25) is 0 Å². The molecule has 0 aliphatic carbocycles. The van der Waals surface area contributed by atoms with Crippen molar-refractivity contribution in [3.63, 3.8) is 0 Å². The van der Waals surface area contributed by atoms with Crippen LogP contribution in [0.25, 0.3) is 0 Å². The molecule has 2 aromatic rings. The number of hydrogen-bond acceptors (Lipinski definition) is 4. The van der Waals surface area contributed by atoms with Gasteiger partial charge in [0.25, 0.3) is 0 Å². The number of halogens is 2. The van der Waals surface area contributed by atoms with Gasteiger partial charge < -0.3 is 25.0 Å². The van der Waals surface area contributed by atoms with Gasteiger partial charge in [-0.1, -0.05) is 24.3 Å². The Labute approximate surface area is 175 Å². The molecule has 1 heterocycles. The molecular formula is C22H28F2N4O2. The predicted molar refractivity (Wildman–Crippen MR) is 114 cm³/mol. The Balaban J connectivity index is 1.41. The van der Waals surface area contributed by atoms with Gasteiger partial charge in [0.15, 0.2) is 5.96 Å². The van der Waals surface area contributed by atoms with Gasteiger partial charge in [-0.15, -0.1) is 0 Å². The van der Waals surface area contributed by atoms with Gasteiger partial charge in [-0.25, -0.2) is 8.78 Å². The van der Waals surface area contributed by atoms with Crippen LogP contribution in [0, 0.1) is 11.6 Å². The molecule has 1 aliphatic heterocycles. The molecule has 3 rings (SSSR count). The average molecular weight is 418 g/mol. The largest absolute Gasteiger partial charge is 0.496 e. The van der Waals surface area contributed by atoms with E-state index >= 15 is 0 Å². The molecule has 0 spiro atoms. The smallest absolute Gasteiger partial charge is 0.191 e. The summed E-state index contributed by atoms with van der Waals surface area (Å²) in [5.41, 5.74) is 1.03. The van der Waals surface area contributed by atoms with Gasteiger partial charge in [0.2, 0.25) is 0 Å². The summed E-state index contributed by atoms with van der Waals surface area (Å²) in [6.45, 7) is 2.62. The van der Waals surface area contributed by atoms with E-state index in [0.29, 0.717) is 38.8 Å². The van der Waals surface area contributed by atoms with Crippen LogP contribution in [-0.2, 0) is 11.3 Å². The summed E-state index contributed by atoms with van der Waals surface area (Å²) in [7, 11) is 3.33. The Hall–Kier alpha value is -2.87. The monoisotopic (exact) mass is 418 g/mol. The number of aliphatic imine (C=N–C) groups is 1. The molecule has 2 aromatic carbocycles. The summed E-state index contributed by atoms with van der Waals surface area (Å²) < 4.78 is 39.0. The highest BCUT2D eigenvalue weighted by atomic mass is 19.1. The molecule has 1 saturated heterocycles. The molecule has 162 valence electrons. The van der Waals surface area contributed by atoms with E-state index in [9.17, 15) is 8.78 Å². The quantitative estimate of drug-likeness (QED) is 0.392. The maximum absolute atomic E-state index is 14.0. The van der Waals surface area contributed by atoms with Crippen molar-refractivity contribution in [1.29, 1.82) is 0 Å². The van der Waals surface area contributed by atoms with Crippen molar-refractivity contribution in [2.45, 2.75) is 19.1 Å². The minimum Gasteiger partial charge on any atom is -0.496 e. The van der Waals surface area contributed by atoms with Crippen molar-refractivity contribution in [1.82, 2.24) is 10.6 Å². The molecule has 0 aromatic heterocycles. The fourth-order valence-corrected chi connectivity index (χ4v) is 3.51. The standard InChI is InChI=1S/C22H28F2N4O2/c1-25-22(26-11-13-30-15-16-6-3-4-9-20(16)29-2)27-17-10-12-28(14-17)21-18(23)7-5-8-19(21)24/h3-9,17H,10-15H2,1-2H3,(H2,25,26,27). The fraction of sp³-hybridized carbons (Fsp3) is 0.409. The van der Waals surface area contributed by atoms with E-state index in [2.05, 4.69) is 15.6 Å². The van der Waals surface area contributed by atoms with Crippen molar-refractivity contribution in [2.75, 3.05) is 45.3 Å². The first-order valence-electron chi connectivity index (χ1n) is 9.98. The highest BCUT2D eigenvalue weighted by Crippen LogP contribution is 2.26. The molecule has 0 amide bonds. The second-order valence-corrected chi connectivity index (χ2v) is 7.01. The highest BCUT2D eigenvalue weighted by molar-refractivity contribution is 5.80. The van der Waals surface area contributed by atoms with Gasteiger partial charge in [0.05, 0.1) is 20.3 Å². The number of nitrogens with zero attached hydrogens (tertiary/aromatic N) is 2. The van der Waals surface area contributed by atoms with Crippen molar-refractivity contribution in [3.8, 4) is 5.75 Å². The summed E-state index contributed by atoms with van der Waals surface area (Å²) in [4.78, 5) is 5.95. The van der Waals surface area contributed by atoms with Crippen molar-refractivity contribution in [2.24, 2.45) is 4.99 Å². The maximum Gasteiger partial charge on any atom is 0.191 e. The first-order valence-corrected chi connectivity index (χ1v) is 9.98. The number of ether oxygens (including phenoxy) is 2. The average Bonchev–Trinajstić information content (AvgIpc) is 3.20. The Morgan fingerprint density at radius 2 is 1.93 bits per heavy atom. The summed E-state index contributed by atoms with van der Waals surface area (Å²) in [6, 6.07) is 11.7. The zero-order valence-electron chi connectivity index (χ0n) is 17.3. The lowest BCUT2D eigenvalue weighted by Gasteiger charge is -2.21. The molecule has 1 aliphatic rings. The van der Waals surface area contributed by atoms with Gasteiger partial charge in [-0.2, -0.15) is 0 Å². The number of anilines is 1. The number of rotatable bonds is 8. The van der Waals surface area contributed by atoms with E-state index in [-0.39, 0.29) is 11.7 Å². The van der Waals surface area contributed by atoms with Crippen LogP contribution >= 0.6 is 0 Å². The zero-order valence-corrected chi connectivity index (χ0v) is 17.3. The van der Waals surface area contributed by atoms with Crippen LogP contribution in [0.4, 0.5) is 14.5 Å². The summed E-state index contributed by atoms with van der Waals surface area (Å²) in [5, 5.41) is 6.51. The number of nitrogens with one attached hydrogen (secondary N) is 2. The second kappa shape index (κ2) is 10.8. The van der Waals surface area contributed by atoms with E-state index in [0.717, 1.165) is 17.7 Å². The van der Waals surface area contributed by atoms with Crippen LogP contribution in [0.5, 0.6) is 5.75 Å². The zero-order chi connectivity index (χ0) is 21.3. The molecule has 0 bridgehead atoms. The topological polar surface area (TPSA) is 58.1 Å². The molecule has 1 atom stereocenters. The van der Waals surface area contributed by atoms with Crippen molar-refractivity contribution in [3.05, 3.63) is 59.7 Å². The first-order chi connectivity index (χ1) is 14.6. The minimum absolute atomic E-state index is 0.0366. The first kappa shape index (κ1) is 21.8. The number of para-hydroxylation sites is 2. The lowest BCUT2D eigenvalue weighted by atomic mass is 10.2. The lowest BCUT2D eigenvalue weighted by molar-refractivity contribution is 0.123. The summed E-state index contributed by atoms with van der Waals surface area (Å²) in [5.74, 6) is 0.368. The van der Waals surface area contributed by atoms with Gasteiger partial charge in [-0.05, 0) is 24.6 Å². The number of guanidine groups is 1. The van der Waals surface area contributed by atoms with Crippen LogP contribution in [-0.4, -0.2) is 52.4 Å². The number of methoxy groups -OCH3 is 1. The normalized spacial score (nSPS) is 16.6. The Morgan fingerprint density at radius 3 is 2.67 bits per heavy atom. The summed E-state index contributed by atoms with van der Waals surface area (Å²) in [6.07, 6.45) is 0.763. The van der Waals surface area contributed by atoms with E-state index in [1.165, 1.54) is 18.2 Å². The lowest BCUT2D eigenvalue weighted by Crippen LogP contribution is -2.45. The van der Waals surface area contributed by atoms with Crippen molar-refractivity contribution < 1.29 is 18.3 Å².